The second kappa shape index (κ2) is 6.62. The molecule has 0 saturated heterocycles. The van der Waals surface area contributed by atoms with E-state index in [1.807, 2.05) is 18.3 Å². The SMILES string of the molecule is COC(=O)c1ccc(-c2cn(-c3ccc(C(C)C)cc3)nn2)nc1. The molecule has 0 N–H and O–H groups in total. The molecule has 0 unspecified atom stereocenters. The fourth-order valence-corrected chi connectivity index (χ4v) is 2.30. The number of ether oxygens (including phenoxy) is 1. The lowest BCUT2D eigenvalue weighted by molar-refractivity contribution is 0.0600. The molecule has 0 aliphatic carbocycles. The van der Waals surface area contributed by atoms with Gasteiger partial charge in [-0.3, -0.25) is 4.98 Å². The Bertz CT molecular complexity index is 836. The molecule has 0 aliphatic rings. The standard InChI is InChI=1S/C18H18N4O2/c1-12(2)13-4-7-15(8-5-13)22-11-17(20-21-22)16-9-6-14(10-19-16)18(23)24-3/h4-12H,1-3H3. The van der Waals surface area contributed by atoms with Gasteiger partial charge in [0.05, 0.1) is 30.3 Å². The number of rotatable bonds is 4. The summed E-state index contributed by atoms with van der Waals surface area (Å²) in [5.41, 5.74) is 3.90. The van der Waals surface area contributed by atoms with Crippen LogP contribution < -0.4 is 0 Å². The highest BCUT2D eigenvalue weighted by Gasteiger charge is 2.10. The van der Waals surface area contributed by atoms with E-state index in [0.29, 0.717) is 22.9 Å². The first-order chi connectivity index (χ1) is 11.6. The molecule has 2 heterocycles. The number of hydrogen-bond acceptors (Lipinski definition) is 5. The maximum Gasteiger partial charge on any atom is 0.339 e. The molecule has 3 aromatic rings. The predicted octanol–water partition coefficient (Wildman–Crippen LogP) is 3.24. The molecule has 6 nitrogen and oxygen atoms in total. The van der Waals surface area contributed by atoms with Gasteiger partial charge in [0.1, 0.15) is 5.69 Å². The Labute approximate surface area is 140 Å². The number of carbonyl (C=O) groups is 1. The van der Waals surface area contributed by atoms with Crippen molar-refractivity contribution in [3.8, 4) is 17.1 Å². The van der Waals surface area contributed by atoms with E-state index < -0.39 is 5.97 Å². The van der Waals surface area contributed by atoms with Gasteiger partial charge < -0.3 is 4.74 Å². The highest BCUT2D eigenvalue weighted by Crippen LogP contribution is 2.19. The number of hydrogen-bond donors (Lipinski definition) is 0. The van der Waals surface area contributed by atoms with E-state index in [4.69, 9.17) is 0 Å². The van der Waals surface area contributed by atoms with Crippen molar-refractivity contribution >= 4 is 5.97 Å². The molecule has 0 atom stereocenters. The van der Waals surface area contributed by atoms with Gasteiger partial charge in [-0.05, 0) is 35.7 Å². The Morgan fingerprint density at radius 3 is 2.42 bits per heavy atom. The third-order valence-electron chi connectivity index (χ3n) is 3.76. The lowest BCUT2D eigenvalue weighted by atomic mass is 10.0. The molecule has 0 saturated carbocycles. The van der Waals surface area contributed by atoms with Crippen LogP contribution in [0.5, 0.6) is 0 Å². The summed E-state index contributed by atoms with van der Waals surface area (Å²) in [6, 6.07) is 11.6. The van der Waals surface area contributed by atoms with Gasteiger partial charge in [-0.25, -0.2) is 9.48 Å². The fraction of sp³-hybridized carbons (Fsp3) is 0.222. The van der Waals surface area contributed by atoms with Gasteiger partial charge in [0, 0.05) is 6.20 Å². The molecule has 3 rings (SSSR count). The summed E-state index contributed by atoms with van der Waals surface area (Å²) in [4.78, 5) is 15.7. The predicted molar refractivity (Wildman–Crippen MR) is 90.0 cm³/mol. The van der Waals surface area contributed by atoms with Crippen molar-refractivity contribution in [1.29, 1.82) is 0 Å². The Kier molecular flexibility index (Phi) is 4.37. The molecule has 6 heteroatoms. The van der Waals surface area contributed by atoms with E-state index >= 15 is 0 Å². The first-order valence-electron chi connectivity index (χ1n) is 7.66. The average Bonchev–Trinajstić information content (AvgIpc) is 3.11. The minimum absolute atomic E-state index is 0.401. The largest absolute Gasteiger partial charge is 0.465 e. The number of benzene rings is 1. The fourth-order valence-electron chi connectivity index (χ4n) is 2.30. The summed E-state index contributed by atoms with van der Waals surface area (Å²) in [7, 11) is 1.34. The molecule has 0 amide bonds. The quantitative estimate of drug-likeness (QED) is 0.690. The summed E-state index contributed by atoms with van der Waals surface area (Å²) in [5.74, 6) is 0.0748. The summed E-state index contributed by atoms with van der Waals surface area (Å²) >= 11 is 0. The van der Waals surface area contributed by atoms with Crippen LogP contribution in [0, 0.1) is 0 Å². The third kappa shape index (κ3) is 3.17. The Morgan fingerprint density at radius 2 is 1.83 bits per heavy atom. The average molecular weight is 322 g/mol. The first-order valence-corrected chi connectivity index (χ1v) is 7.66. The van der Waals surface area contributed by atoms with Crippen LogP contribution in [-0.2, 0) is 4.74 Å². The van der Waals surface area contributed by atoms with E-state index in [-0.39, 0.29) is 0 Å². The van der Waals surface area contributed by atoms with Crippen LogP contribution in [0.1, 0.15) is 35.7 Å². The van der Waals surface area contributed by atoms with Gasteiger partial charge >= 0.3 is 5.97 Å². The molecule has 122 valence electrons. The van der Waals surface area contributed by atoms with Gasteiger partial charge in [-0.1, -0.05) is 31.2 Å². The number of aromatic nitrogens is 4. The molecule has 0 aliphatic heterocycles. The molecule has 2 aromatic heterocycles. The van der Waals surface area contributed by atoms with Crippen LogP contribution in [0.15, 0.2) is 48.8 Å². The molecular weight excluding hydrogens is 304 g/mol. The number of pyridine rings is 1. The van der Waals surface area contributed by atoms with E-state index in [9.17, 15) is 4.79 Å². The zero-order chi connectivity index (χ0) is 17.1. The lowest BCUT2D eigenvalue weighted by Gasteiger charge is -2.06. The highest BCUT2D eigenvalue weighted by molar-refractivity contribution is 5.89. The molecular formula is C18H18N4O2. The first kappa shape index (κ1) is 15.9. The van der Waals surface area contributed by atoms with Crippen molar-refractivity contribution < 1.29 is 9.53 Å². The smallest absolute Gasteiger partial charge is 0.339 e. The molecule has 0 fully saturated rings. The third-order valence-corrected chi connectivity index (χ3v) is 3.76. The van der Waals surface area contributed by atoms with Crippen LogP contribution in [-0.4, -0.2) is 33.1 Å². The maximum atomic E-state index is 11.4. The van der Waals surface area contributed by atoms with Crippen molar-refractivity contribution in [1.82, 2.24) is 20.0 Å². The van der Waals surface area contributed by atoms with Crippen LogP contribution in [0.2, 0.25) is 0 Å². The van der Waals surface area contributed by atoms with Gasteiger partial charge in [-0.15, -0.1) is 5.10 Å². The second-order valence-electron chi connectivity index (χ2n) is 5.72. The van der Waals surface area contributed by atoms with Crippen molar-refractivity contribution in [3.05, 3.63) is 59.9 Å². The lowest BCUT2D eigenvalue weighted by Crippen LogP contribution is -2.01. The molecule has 1 aromatic carbocycles. The van der Waals surface area contributed by atoms with Crippen molar-refractivity contribution in [3.63, 3.8) is 0 Å². The zero-order valence-corrected chi connectivity index (χ0v) is 13.8. The Hall–Kier alpha value is -3.02. The topological polar surface area (TPSA) is 69.9 Å². The van der Waals surface area contributed by atoms with Gasteiger partial charge in [0.2, 0.25) is 0 Å². The zero-order valence-electron chi connectivity index (χ0n) is 13.8. The van der Waals surface area contributed by atoms with Gasteiger partial charge in [0.25, 0.3) is 0 Å². The molecule has 0 bridgehead atoms. The summed E-state index contributed by atoms with van der Waals surface area (Å²) in [6.45, 7) is 4.32. The van der Waals surface area contributed by atoms with Crippen LogP contribution in [0.3, 0.4) is 0 Å². The van der Waals surface area contributed by atoms with Gasteiger partial charge in [-0.2, -0.15) is 0 Å². The van der Waals surface area contributed by atoms with E-state index in [2.05, 4.69) is 46.0 Å². The summed E-state index contributed by atoms with van der Waals surface area (Å²) < 4.78 is 6.36. The van der Waals surface area contributed by atoms with Gasteiger partial charge in [0.15, 0.2) is 0 Å². The van der Waals surface area contributed by atoms with Crippen molar-refractivity contribution in [2.24, 2.45) is 0 Å². The minimum atomic E-state index is -0.414. The molecule has 0 spiro atoms. The Balaban J connectivity index is 1.83. The number of methoxy groups -OCH3 is 1. The number of carbonyl (C=O) groups excluding carboxylic acids is 1. The Morgan fingerprint density at radius 1 is 1.08 bits per heavy atom. The van der Waals surface area contributed by atoms with E-state index in [0.717, 1.165) is 5.69 Å². The second-order valence-corrected chi connectivity index (χ2v) is 5.72. The minimum Gasteiger partial charge on any atom is -0.465 e. The normalized spacial score (nSPS) is 10.8. The molecule has 24 heavy (non-hydrogen) atoms. The van der Waals surface area contributed by atoms with Crippen LogP contribution in [0.4, 0.5) is 0 Å². The van der Waals surface area contributed by atoms with Crippen LogP contribution >= 0.6 is 0 Å². The molecule has 0 radical (unpaired) electrons. The summed E-state index contributed by atoms with van der Waals surface area (Å²) in [6.07, 6.45) is 3.28. The number of esters is 1. The van der Waals surface area contributed by atoms with Crippen LogP contribution in [0.25, 0.3) is 17.1 Å². The highest BCUT2D eigenvalue weighted by atomic mass is 16.5. The van der Waals surface area contributed by atoms with Crippen molar-refractivity contribution in [2.75, 3.05) is 7.11 Å². The maximum absolute atomic E-state index is 11.4. The monoisotopic (exact) mass is 322 g/mol. The van der Waals surface area contributed by atoms with E-state index in [1.165, 1.54) is 18.9 Å². The number of nitrogens with zero attached hydrogens (tertiary/aromatic N) is 4. The van der Waals surface area contributed by atoms with Crippen molar-refractivity contribution in [2.45, 2.75) is 19.8 Å². The van der Waals surface area contributed by atoms with E-state index in [1.54, 1.807) is 16.8 Å². The summed E-state index contributed by atoms with van der Waals surface area (Å²) in [5, 5.41) is 8.30.